The summed E-state index contributed by atoms with van der Waals surface area (Å²) < 4.78 is 28.6. The lowest BCUT2D eigenvalue weighted by molar-refractivity contribution is -0.137. The first-order chi connectivity index (χ1) is 19.2. The molecule has 5 rings (SSSR count). The maximum absolute atomic E-state index is 14.9. The van der Waals surface area contributed by atoms with Crippen LogP contribution in [0.15, 0.2) is 30.3 Å². The summed E-state index contributed by atoms with van der Waals surface area (Å²) in [5.74, 6) is -1.80. The molecule has 2 aromatic rings. The molecule has 1 spiro atoms. The molecule has 5 nitrogen and oxygen atoms in total. The van der Waals surface area contributed by atoms with E-state index in [0.29, 0.717) is 31.7 Å². The number of carbonyl (C=O) groups excluding carboxylic acids is 2. The first-order valence-corrected chi connectivity index (χ1v) is 15.2. The highest BCUT2D eigenvalue weighted by molar-refractivity contribution is 6.31. The average Bonchev–Trinajstić information content (AvgIpc) is 3.45. The van der Waals surface area contributed by atoms with E-state index < -0.39 is 17.2 Å². The number of nitrogens with zero attached hydrogens (tertiary/aromatic N) is 2. The largest absolute Gasteiger partial charge is 0.351 e. The quantitative estimate of drug-likeness (QED) is 0.447. The van der Waals surface area contributed by atoms with E-state index in [-0.39, 0.29) is 41.0 Å². The van der Waals surface area contributed by atoms with Gasteiger partial charge in [-0.3, -0.25) is 14.5 Å². The molecule has 2 aromatic carbocycles. The zero-order valence-electron chi connectivity index (χ0n) is 25.0. The predicted molar refractivity (Wildman–Crippen MR) is 158 cm³/mol. The minimum absolute atomic E-state index is 0.0531. The van der Waals surface area contributed by atoms with E-state index in [1.807, 2.05) is 11.8 Å². The van der Waals surface area contributed by atoms with Crippen molar-refractivity contribution in [3.05, 3.63) is 69.2 Å². The van der Waals surface area contributed by atoms with E-state index in [1.165, 1.54) is 23.3 Å². The number of amides is 2. The van der Waals surface area contributed by atoms with Gasteiger partial charge in [-0.05, 0) is 93.7 Å². The number of fused-ring (bicyclic) bond motifs is 2. The second-order valence-electron chi connectivity index (χ2n) is 13.4. The molecule has 2 fully saturated rings. The number of halogens is 3. The first-order valence-electron chi connectivity index (χ1n) is 14.8. The number of piperidine rings is 1. The van der Waals surface area contributed by atoms with Gasteiger partial charge in [0.25, 0.3) is 0 Å². The van der Waals surface area contributed by atoms with Crippen LogP contribution < -0.4 is 5.32 Å². The van der Waals surface area contributed by atoms with E-state index in [1.54, 1.807) is 6.92 Å². The molecule has 2 aliphatic heterocycles. The third-order valence-electron chi connectivity index (χ3n) is 10.0. The third-order valence-corrected chi connectivity index (χ3v) is 10.4. The van der Waals surface area contributed by atoms with Crippen LogP contribution >= 0.6 is 11.6 Å². The Morgan fingerprint density at radius 3 is 2.37 bits per heavy atom. The van der Waals surface area contributed by atoms with Crippen molar-refractivity contribution >= 4 is 23.4 Å². The molecule has 8 heteroatoms. The SMILES string of the molecule is CC(=O)NC(C)(C)[C@@H]1CC2(CCN(C(=O)C3CN(C(C)C)C[C@H]3c3ccc(F)cc3F)CC2)c2cc(C)c(Cl)cc21. The lowest BCUT2D eigenvalue weighted by atomic mass is 9.71. The molecular formula is C33H42ClF2N3O2. The highest BCUT2D eigenvalue weighted by Crippen LogP contribution is 2.56. The molecular weight excluding hydrogens is 544 g/mol. The van der Waals surface area contributed by atoms with Crippen molar-refractivity contribution < 1.29 is 18.4 Å². The van der Waals surface area contributed by atoms with Gasteiger partial charge in [-0.2, -0.15) is 0 Å². The van der Waals surface area contributed by atoms with Gasteiger partial charge in [0.15, 0.2) is 0 Å². The number of aryl methyl sites for hydroxylation is 1. The molecule has 1 unspecified atom stereocenters. The molecule has 2 amide bonds. The molecule has 0 radical (unpaired) electrons. The highest BCUT2D eigenvalue weighted by Gasteiger charge is 2.51. The van der Waals surface area contributed by atoms with Gasteiger partial charge >= 0.3 is 0 Å². The minimum Gasteiger partial charge on any atom is -0.351 e. The number of rotatable bonds is 5. The molecule has 3 aliphatic rings. The van der Waals surface area contributed by atoms with Crippen LogP contribution in [0.5, 0.6) is 0 Å². The van der Waals surface area contributed by atoms with Crippen LogP contribution in [0.3, 0.4) is 0 Å². The van der Waals surface area contributed by atoms with Crippen LogP contribution in [0.1, 0.15) is 88.0 Å². The Labute approximate surface area is 247 Å². The maximum atomic E-state index is 14.9. The molecule has 0 bridgehead atoms. The molecule has 2 saturated heterocycles. The van der Waals surface area contributed by atoms with E-state index in [2.05, 4.69) is 50.0 Å². The second kappa shape index (κ2) is 11.0. The lowest BCUT2D eigenvalue weighted by Gasteiger charge is -2.42. The van der Waals surface area contributed by atoms with Crippen molar-refractivity contribution in [1.29, 1.82) is 0 Å². The summed E-state index contributed by atoms with van der Waals surface area (Å²) in [6.07, 6.45) is 2.51. The van der Waals surface area contributed by atoms with Crippen molar-refractivity contribution in [3.63, 3.8) is 0 Å². The Hall–Kier alpha value is -2.51. The molecule has 3 atom stereocenters. The van der Waals surface area contributed by atoms with E-state index in [4.69, 9.17) is 11.6 Å². The van der Waals surface area contributed by atoms with Crippen LogP contribution in [0.4, 0.5) is 8.78 Å². The monoisotopic (exact) mass is 585 g/mol. The zero-order valence-corrected chi connectivity index (χ0v) is 25.7. The van der Waals surface area contributed by atoms with Gasteiger partial charge in [0.1, 0.15) is 11.6 Å². The van der Waals surface area contributed by atoms with Crippen molar-refractivity contribution in [2.45, 2.75) is 89.6 Å². The Balaban J connectivity index is 1.39. The number of carbonyl (C=O) groups is 2. The fourth-order valence-corrected chi connectivity index (χ4v) is 7.90. The van der Waals surface area contributed by atoms with Gasteiger partial charge in [-0.15, -0.1) is 0 Å². The van der Waals surface area contributed by atoms with Gasteiger partial charge in [0.05, 0.1) is 5.92 Å². The standard InChI is InChI=1S/C33H42ClF2N3O2/c1-19(2)39-17-25(23-8-7-22(35)14-30(23)36)26(18-39)31(41)38-11-9-33(10-12-38)16-28(32(5,6)37-21(4)40)24-15-29(34)20(3)13-27(24)33/h7-8,13-15,19,25-26,28H,9-12,16-18H2,1-6H3,(H,37,40)/t25-,26?,28+/m0/s1. The van der Waals surface area contributed by atoms with Crippen LogP contribution in [0.25, 0.3) is 0 Å². The molecule has 0 saturated carbocycles. The van der Waals surface area contributed by atoms with Gasteiger partial charge in [-0.25, -0.2) is 8.78 Å². The normalized spacial score (nSPS) is 24.2. The molecule has 41 heavy (non-hydrogen) atoms. The summed E-state index contributed by atoms with van der Waals surface area (Å²) in [5, 5.41) is 3.89. The Morgan fingerprint density at radius 1 is 1.07 bits per heavy atom. The molecule has 1 N–H and O–H groups in total. The molecule has 2 heterocycles. The fourth-order valence-electron chi connectivity index (χ4n) is 7.73. The Morgan fingerprint density at radius 2 is 1.76 bits per heavy atom. The predicted octanol–water partition coefficient (Wildman–Crippen LogP) is 6.31. The number of nitrogens with one attached hydrogen (secondary N) is 1. The Bertz CT molecular complexity index is 1350. The number of benzene rings is 2. The van der Waals surface area contributed by atoms with Crippen LogP contribution in [0, 0.1) is 24.5 Å². The summed E-state index contributed by atoms with van der Waals surface area (Å²) in [4.78, 5) is 30.3. The molecule has 1 aliphatic carbocycles. The number of hydrogen-bond donors (Lipinski definition) is 1. The van der Waals surface area contributed by atoms with Crippen molar-refractivity contribution in [2.24, 2.45) is 5.92 Å². The van der Waals surface area contributed by atoms with Crippen LogP contribution in [-0.2, 0) is 15.0 Å². The second-order valence-corrected chi connectivity index (χ2v) is 13.8. The maximum Gasteiger partial charge on any atom is 0.227 e. The van der Waals surface area contributed by atoms with Crippen molar-refractivity contribution in [3.8, 4) is 0 Å². The summed E-state index contributed by atoms with van der Waals surface area (Å²) in [6, 6.07) is 8.22. The number of likely N-dealkylation sites (tertiary alicyclic amines) is 2. The third kappa shape index (κ3) is 5.52. The van der Waals surface area contributed by atoms with Gasteiger partial charge in [-0.1, -0.05) is 23.7 Å². The zero-order chi connectivity index (χ0) is 29.9. The van der Waals surface area contributed by atoms with Gasteiger partial charge in [0, 0.05) is 67.6 Å². The summed E-state index contributed by atoms with van der Waals surface area (Å²) in [6.45, 7) is 14.3. The van der Waals surface area contributed by atoms with Crippen molar-refractivity contribution in [1.82, 2.24) is 15.1 Å². The fraction of sp³-hybridized carbons (Fsp3) is 0.576. The van der Waals surface area contributed by atoms with Crippen LogP contribution in [0.2, 0.25) is 5.02 Å². The van der Waals surface area contributed by atoms with Gasteiger partial charge < -0.3 is 10.2 Å². The molecule has 222 valence electrons. The first kappa shape index (κ1) is 30.0. The van der Waals surface area contributed by atoms with E-state index in [9.17, 15) is 18.4 Å². The van der Waals surface area contributed by atoms with Crippen molar-refractivity contribution in [2.75, 3.05) is 26.2 Å². The lowest BCUT2D eigenvalue weighted by Crippen LogP contribution is -2.49. The summed E-state index contributed by atoms with van der Waals surface area (Å²) in [5.41, 5.74) is 3.37. The van der Waals surface area contributed by atoms with E-state index >= 15 is 0 Å². The topological polar surface area (TPSA) is 52.7 Å². The van der Waals surface area contributed by atoms with Crippen LogP contribution in [-0.4, -0.2) is 59.4 Å². The summed E-state index contributed by atoms with van der Waals surface area (Å²) >= 11 is 6.60. The average molecular weight is 586 g/mol. The van der Waals surface area contributed by atoms with E-state index in [0.717, 1.165) is 35.9 Å². The van der Waals surface area contributed by atoms with Gasteiger partial charge in [0.2, 0.25) is 11.8 Å². The number of hydrogen-bond acceptors (Lipinski definition) is 3. The smallest absolute Gasteiger partial charge is 0.227 e. The summed E-state index contributed by atoms with van der Waals surface area (Å²) in [7, 11) is 0. The Kier molecular flexibility index (Phi) is 8.01. The highest BCUT2D eigenvalue weighted by atomic mass is 35.5. The molecule has 0 aromatic heterocycles. The minimum atomic E-state index is -0.609.